The third-order valence-electron chi connectivity index (χ3n) is 3.28. The molecule has 0 aromatic heterocycles. The highest BCUT2D eigenvalue weighted by molar-refractivity contribution is 9.10. The van der Waals surface area contributed by atoms with Gasteiger partial charge in [-0.2, -0.15) is 17.6 Å². The van der Waals surface area contributed by atoms with Gasteiger partial charge in [0.05, 0.1) is 0 Å². The van der Waals surface area contributed by atoms with Crippen LogP contribution in [0.2, 0.25) is 0 Å². The smallest absolute Gasteiger partial charge is 0.194 e. The first-order valence-electron chi connectivity index (χ1n) is 5.52. The first-order chi connectivity index (χ1) is 8.87. The summed E-state index contributed by atoms with van der Waals surface area (Å²) in [6, 6.07) is 9.71. The Hall–Kier alpha value is -1.36. The van der Waals surface area contributed by atoms with Crippen LogP contribution < -0.4 is 0 Å². The molecular formula is C14H7BrF4. The van der Waals surface area contributed by atoms with Crippen LogP contribution in [0.15, 0.2) is 46.9 Å². The minimum atomic E-state index is -4.24. The Morgan fingerprint density at radius 1 is 0.737 bits per heavy atom. The van der Waals surface area contributed by atoms with Crippen molar-refractivity contribution in [2.75, 3.05) is 0 Å². The summed E-state index contributed by atoms with van der Waals surface area (Å²) in [4.78, 5) is 0. The van der Waals surface area contributed by atoms with Gasteiger partial charge in [-0.1, -0.05) is 52.3 Å². The molecule has 0 bridgehead atoms. The summed E-state index contributed by atoms with van der Waals surface area (Å²) >= 11 is 2.95. The molecule has 2 aromatic carbocycles. The molecule has 1 aliphatic rings. The standard InChI is InChI=1S/C14H7BrF4/c15-11-7-3-5-9-8-4-1-2-6-10(8)13(16,17)14(18,19)12(9)11/h1-7H. The predicted molar refractivity (Wildman–Crippen MR) is 67.4 cm³/mol. The van der Waals surface area contributed by atoms with Crippen molar-refractivity contribution in [3.8, 4) is 11.1 Å². The number of fused-ring (bicyclic) bond motifs is 3. The van der Waals surface area contributed by atoms with E-state index in [1.165, 1.54) is 24.3 Å². The van der Waals surface area contributed by atoms with Crippen LogP contribution in [-0.4, -0.2) is 0 Å². The fourth-order valence-corrected chi connectivity index (χ4v) is 3.00. The molecule has 0 amide bonds. The first kappa shape index (κ1) is 12.7. The number of halogens is 5. The molecule has 0 heterocycles. The summed E-state index contributed by atoms with van der Waals surface area (Å²) in [5, 5.41) is 0. The van der Waals surface area contributed by atoms with Gasteiger partial charge >= 0.3 is 11.8 Å². The minimum Gasteiger partial charge on any atom is -0.194 e. The van der Waals surface area contributed by atoms with E-state index in [9.17, 15) is 17.6 Å². The molecule has 0 nitrogen and oxygen atoms in total. The van der Waals surface area contributed by atoms with Crippen molar-refractivity contribution in [3.63, 3.8) is 0 Å². The number of rotatable bonds is 0. The van der Waals surface area contributed by atoms with E-state index in [0.29, 0.717) is 0 Å². The molecule has 5 heteroatoms. The van der Waals surface area contributed by atoms with Crippen LogP contribution in [0, 0.1) is 0 Å². The van der Waals surface area contributed by atoms with Gasteiger partial charge in [0.2, 0.25) is 0 Å². The quantitative estimate of drug-likeness (QED) is 0.574. The number of benzene rings is 2. The largest absolute Gasteiger partial charge is 0.341 e. The fraction of sp³-hybridized carbons (Fsp3) is 0.143. The Balaban J connectivity index is 2.47. The zero-order valence-corrected chi connectivity index (χ0v) is 11.0. The van der Waals surface area contributed by atoms with Gasteiger partial charge in [-0.25, -0.2) is 0 Å². The highest BCUT2D eigenvalue weighted by Gasteiger charge is 2.63. The average Bonchev–Trinajstić information content (AvgIpc) is 2.36. The Kier molecular flexibility index (Phi) is 2.55. The molecule has 0 saturated heterocycles. The van der Waals surface area contributed by atoms with E-state index in [-0.39, 0.29) is 15.6 Å². The molecular weight excluding hydrogens is 324 g/mol. The molecule has 0 atom stereocenters. The summed E-state index contributed by atoms with van der Waals surface area (Å²) in [5.74, 6) is -8.46. The van der Waals surface area contributed by atoms with Crippen LogP contribution >= 0.6 is 15.9 Å². The van der Waals surface area contributed by atoms with E-state index in [1.807, 2.05) is 0 Å². The van der Waals surface area contributed by atoms with E-state index in [0.717, 1.165) is 6.07 Å². The van der Waals surface area contributed by atoms with E-state index >= 15 is 0 Å². The molecule has 0 aliphatic heterocycles. The molecule has 3 rings (SSSR count). The highest BCUT2D eigenvalue weighted by atomic mass is 79.9. The van der Waals surface area contributed by atoms with Crippen molar-refractivity contribution >= 4 is 15.9 Å². The normalized spacial score (nSPS) is 18.6. The molecule has 2 aromatic rings. The van der Waals surface area contributed by atoms with Crippen LogP contribution in [0.25, 0.3) is 11.1 Å². The van der Waals surface area contributed by atoms with E-state index in [1.54, 1.807) is 12.1 Å². The summed E-state index contributed by atoms with van der Waals surface area (Å²) in [6.45, 7) is 0. The van der Waals surface area contributed by atoms with Crippen LogP contribution in [0.5, 0.6) is 0 Å². The summed E-state index contributed by atoms with van der Waals surface area (Å²) in [6.07, 6.45) is 0. The molecule has 0 saturated carbocycles. The van der Waals surface area contributed by atoms with Crippen molar-refractivity contribution in [1.82, 2.24) is 0 Å². The van der Waals surface area contributed by atoms with Crippen molar-refractivity contribution in [3.05, 3.63) is 58.1 Å². The number of hydrogen-bond acceptors (Lipinski definition) is 0. The molecule has 19 heavy (non-hydrogen) atoms. The van der Waals surface area contributed by atoms with Crippen LogP contribution in [0.3, 0.4) is 0 Å². The summed E-state index contributed by atoms with van der Waals surface area (Å²) in [5.41, 5.74) is -1.00. The maximum atomic E-state index is 14.1. The van der Waals surface area contributed by atoms with Crippen LogP contribution in [-0.2, 0) is 11.8 Å². The van der Waals surface area contributed by atoms with E-state index < -0.39 is 23.0 Å². The number of hydrogen-bond donors (Lipinski definition) is 0. The molecule has 0 unspecified atom stereocenters. The monoisotopic (exact) mass is 330 g/mol. The van der Waals surface area contributed by atoms with Gasteiger partial charge in [0, 0.05) is 15.6 Å². The second-order valence-corrected chi connectivity index (χ2v) is 5.21. The summed E-state index contributed by atoms with van der Waals surface area (Å²) in [7, 11) is 0. The van der Waals surface area contributed by atoms with Gasteiger partial charge in [0.1, 0.15) is 0 Å². The topological polar surface area (TPSA) is 0 Å². The lowest BCUT2D eigenvalue weighted by Crippen LogP contribution is -2.39. The lowest BCUT2D eigenvalue weighted by atomic mass is 9.80. The number of alkyl halides is 4. The zero-order valence-electron chi connectivity index (χ0n) is 9.43. The van der Waals surface area contributed by atoms with Gasteiger partial charge in [-0.15, -0.1) is 0 Å². The lowest BCUT2D eigenvalue weighted by Gasteiger charge is -2.35. The van der Waals surface area contributed by atoms with Gasteiger partial charge < -0.3 is 0 Å². The average molecular weight is 331 g/mol. The minimum absolute atomic E-state index is 0.0100. The fourth-order valence-electron chi connectivity index (χ4n) is 2.39. The van der Waals surface area contributed by atoms with Crippen molar-refractivity contribution in [2.24, 2.45) is 0 Å². The molecule has 0 N–H and O–H groups in total. The second-order valence-electron chi connectivity index (χ2n) is 4.36. The molecule has 98 valence electrons. The van der Waals surface area contributed by atoms with E-state index in [2.05, 4.69) is 15.9 Å². The predicted octanol–water partition coefficient (Wildman–Crippen LogP) is 5.31. The van der Waals surface area contributed by atoms with Crippen molar-refractivity contribution in [1.29, 1.82) is 0 Å². The third kappa shape index (κ3) is 1.51. The van der Waals surface area contributed by atoms with Gasteiger partial charge in [0.25, 0.3) is 0 Å². The SMILES string of the molecule is FC1(F)c2ccccc2-c2cccc(Br)c2C1(F)F. The van der Waals surface area contributed by atoms with E-state index in [4.69, 9.17) is 0 Å². The maximum absolute atomic E-state index is 14.1. The van der Waals surface area contributed by atoms with Gasteiger partial charge in [0.15, 0.2) is 0 Å². The lowest BCUT2D eigenvalue weighted by molar-refractivity contribution is -0.225. The van der Waals surface area contributed by atoms with Crippen LogP contribution in [0.1, 0.15) is 11.1 Å². The Bertz CT molecular complexity index is 664. The molecule has 1 aliphatic carbocycles. The molecule has 0 fully saturated rings. The Morgan fingerprint density at radius 3 is 2.11 bits per heavy atom. The Labute approximate surface area is 115 Å². The Morgan fingerprint density at radius 2 is 1.37 bits per heavy atom. The first-order valence-corrected chi connectivity index (χ1v) is 6.31. The zero-order chi connectivity index (χ0) is 13.8. The third-order valence-corrected chi connectivity index (χ3v) is 3.94. The van der Waals surface area contributed by atoms with Gasteiger partial charge in [-0.3, -0.25) is 0 Å². The summed E-state index contributed by atoms with van der Waals surface area (Å²) < 4.78 is 56.4. The molecule has 0 radical (unpaired) electrons. The van der Waals surface area contributed by atoms with Crippen LogP contribution in [0.4, 0.5) is 17.6 Å². The maximum Gasteiger partial charge on any atom is 0.341 e. The van der Waals surface area contributed by atoms with Crippen molar-refractivity contribution < 1.29 is 17.6 Å². The van der Waals surface area contributed by atoms with Gasteiger partial charge in [-0.05, 0) is 17.2 Å². The highest BCUT2D eigenvalue weighted by Crippen LogP contribution is 2.59. The van der Waals surface area contributed by atoms with Crippen molar-refractivity contribution in [2.45, 2.75) is 11.8 Å². The second kappa shape index (κ2) is 3.82. The molecule has 0 spiro atoms.